The fourth-order valence-electron chi connectivity index (χ4n) is 1.97. The molecule has 0 spiro atoms. The van der Waals surface area contributed by atoms with Crippen LogP contribution in [-0.2, 0) is 13.2 Å². The van der Waals surface area contributed by atoms with Gasteiger partial charge in [-0.3, -0.25) is 4.98 Å². The average molecular weight is 319 g/mol. The molecule has 0 saturated carbocycles. The highest BCUT2D eigenvalue weighted by molar-refractivity contribution is 6.32. The Balaban J connectivity index is 2.11. The molecule has 22 heavy (non-hydrogen) atoms. The second-order valence-electron chi connectivity index (χ2n) is 4.68. The van der Waals surface area contributed by atoms with Crippen LogP contribution in [0.1, 0.15) is 11.1 Å². The summed E-state index contributed by atoms with van der Waals surface area (Å²) in [5, 5.41) is 3.75. The first-order chi connectivity index (χ1) is 10.7. The lowest BCUT2D eigenvalue weighted by molar-refractivity contribution is 0.284. The van der Waals surface area contributed by atoms with Crippen molar-refractivity contribution in [2.45, 2.75) is 13.2 Å². The van der Waals surface area contributed by atoms with Crippen LogP contribution in [0.15, 0.2) is 49.3 Å². The van der Waals surface area contributed by atoms with E-state index in [9.17, 15) is 0 Å². The number of methoxy groups -OCH3 is 1. The molecule has 0 aliphatic heterocycles. The zero-order valence-corrected chi connectivity index (χ0v) is 13.3. The average Bonchev–Trinajstić information content (AvgIpc) is 2.54. The molecule has 0 amide bonds. The Kier molecular flexibility index (Phi) is 6.25. The van der Waals surface area contributed by atoms with Gasteiger partial charge in [-0.25, -0.2) is 0 Å². The Morgan fingerprint density at radius 1 is 1.36 bits per heavy atom. The van der Waals surface area contributed by atoms with Gasteiger partial charge in [0.2, 0.25) is 0 Å². The Morgan fingerprint density at radius 3 is 2.91 bits per heavy atom. The SMILES string of the molecule is C=CCNCc1cc(Cl)c(OCc2cccnc2)c(OC)c1. The van der Waals surface area contributed by atoms with E-state index in [4.69, 9.17) is 21.1 Å². The number of rotatable bonds is 8. The van der Waals surface area contributed by atoms with Gasteiger partial charge in [0.15, 0.2) is 11.5 Å². The van der Waals surface area contributed by atoms with Crippen LogP contribution in [-0.4, -0.2) is 18.6 Å². The number of halogens is 1. The third kappa shape index (κ3) is 4.48. The quantitative estimate of drug-likeness (QED) is 0.596. The summed E-state index contributed by atoms with van der Waals surface area (Å²) in [7, 11) is 1.60. The molecule has 2 rings (SSSR count). The molecule has 0 aliphatic rings. The van der Waals surface area contributed by atoms with Crippen LogP contribution in [0.2, 0.25) is 5.02 Å². The van der Waals surface area contributed by atoms with Crippen molar-refractivity contribution in [3.63, 3.8) is 0 Å². The minimum absolute atomic E-state index is 0.387. The standard InChI is InChI=1S/C17H19ClN2O2/c1-3-6-19-11-14-8-15(18)17(16(9-14)21-2)22-12-13-5-4-7-20-10-13/h3-5,7-10,19H,1,6,11-12H2,2H3. The number of benzene rings is 1. The first kappa shape index (κ1) is 16.3. The van der Waals surface area contributed by atoms with E-state index in [1.165, 1.54) is 0 Å². The molecule has 0 radical (unpaired) electrons. The van der Waals surface area contributed by atoms with E-state index in [-0.39, 0.29) is 0 Å². The number of ether oxygens (including phenoxy) is 2. The highest BCUT2D eigenvalue weighted by Crippen LogP contribution is 2.36. The maximum Gasteiger partial charge on any atom is 0.180 e. The molecular weight excluding hydrogens is 300 g/mol. The van der Waals surface area contributed by atoms with Crippen molar-refractivity contribution < 1.29 is 9.47 Å². The van der Waals surface area contributed by atoms with E-state index in [1.807, 2.05) is 30.3 Å². The lowest BCUT2D eigenvalue weighted by Crippen LogP contribution is -2.12. The highest BCUT2D eigenvalue weighted by atomic mass is 35.5. The molecule has 0 fully saturated rings. The first-order valence-electron chi connectivity index (χ1n) is 6.94. The summed E-state index contributed by atoms with van der Waals surface area (Å²) in [5.41, 5.74) is 2.00. The molecule has 0 aliphatic carbocycles. The smallest absolute Gasteiger partial charge is 0.180 e. The van der Waals surface area contributed by atoms with Crippen molar-refractivity contribution in [3.05, 3.63) is 65.5 Å². The van der Waals surface area contributed by atoms with Crippen LogP contribution in [0.25, 0.3) is 0 Å². The number of nitrogens with one attached hydrogen (secondary N) is 1. The predicted molar refractivity (Wildman–Crippen MR) is 88.5 cm³/mol. The van der Waals surface area contributed by atoms with Gasteiger partial charge in [-0.1, -0.05) is 23.7 Å². The Labute approximate surface area is 135 Å². The second-order valence-corrected chi connectivity index (χ2v) is 5.09. The minimum Gasteiger partial charge on any atom is -0.493 e. The van der Waals surface area contributed by atoms with Gasteiger partial charge in [-0.15, -0.1) is 6.58 Å². The third-order valence-electron chi connectivity index (χ3n) is 3.01. The number of pyridine rings is 1. The van der Waals surface area contributed by atoms with Gasteiger partial charge in [0, 0.05) is 31.0 Å². The van der Waals surface area contributed by atoms with Crippen LogP contribution in [0, 0.1) is 0 Å². The lowest BCUT2D eigenvalue weighted by Gasteiger charge is -2.14. The van der Waals surface area contributed by atoms with Crippen molar-refractivity contribution in [3.8, 4) is 11.5 Å². The van der Waals surface area contributed by atoms with Crippen LogP contribution in [0.5, 0.6) is 11.5 Å². The molecule has 0 bridgehead atoms. The van der Waals surface area contributed by atoms with Crippen LogP contribution in [0.4, 0.5) is 0 Å². The fraction of sp³-hybridized carbons (Fsp3) is 0.235. The summed E-state index contributed by atoms with van der Waals surface area (Å²) in [6.45, 7) is 5.48. The van der Waals surface area contributed by atoms with Crippen LogP contribution < -0.4 is 14.8 Å². The minimum atomic E-state index is 0.387. The molecule has 1 aromatic heterocycles. The van der Waals surface area contributed by atoms with Crippen molar-refractivity contribution >= 4 is 11.6 Å². The molecule has 1 aromatic carbocycles. The Bertz CT molecular complexity index is 618. The molecular formula is C17H19ClN2O2. The Morgan fingerprint density at radius 2 is 2.23 bits per heavy atom. The maximum absolute atomic E-state index is 6.32. The number of hydrogen-bond donors (Lipinski definition) is 1. The van der Waals surface area contributed by atoms with E-state index in [0.29, 0.717) is 29.7 Å². The molecule has 1 N–H and O–H groups in total. The molecule has 0 saturated heterocycles. The van der Waals surface area contributed by atoms with E-state index < -0.39 is 0 Å². The van der Waals surface area contributed by atoms with Crippen LogP contribution in [0.3, 0.4) is 0 Å². The van der Waals surface area contributed by atoms with Gasteiger partial charge in [-0.2, -0.15) is 0 Å². The monoisotopic (exact) mass is 318 g/mol. The summed E-state index contributed by atoms with van der Waals surface area (Å²) in [6, 6.07) is 7.60. The molecule has 0 atom stereocenters. The second kappa shape index (κ2) is 8.41. The van der Waals surface area contributed by atoms with Gasteiger partial charge < -0.3 is 14.8 Å². The Hall–Kier alpha value is -2.04. The van der Waals surface area contributed by atoms with Gasteiger partial charge >= 0.3 is 0 Å². The zero-order valence-electron chi connectivity index (χ0n) is 12.5. The zero-order chi connectivity index (χ0) is 15.8. The van der Waals surface area contributed by atoms with Gasteiger partial charge in [0.05, 0.1) is 12.1 Å². The largest absolute Gasteiger partial charge is 0.493 e. The molecule has 116 valence electrons. The third-order valence-corrected chi connectivity index (χ3v) is 3.29. The summed E-state index contributed by atoms with van der Waals surface area (Å²) in [5.74, 6) is 1.16. The fourth-order valence-corrected chi connectivity index (χ4v) is 2.26. The first-order valence-corrected chi connectivity index (χ1v) is 7.32. The van der Waals surface area contributed by atoms with Crippen molar-refractivity contribution in [1.82, 2.24) is 10.3 Å². The summed E-state index contributed by atoms with van der Waals surface area (Å²) < 4.78 is 11.2. The normalized spacial score (nSPS) is 10.3. The van der Waals surface area contributed by atoms with Crippen molar-refractivity contribution in [2.75, 3.05) is 13.7 Å². The van der Waals surface area contributed by atoms with Gasteiger partial charge in [0.25, 0.3) is 0 Å². The van der Waals surface area contributed by atoms with E-state index in [1.54, 1.807) is 19.5 Å². The van der Waals surface area contributed by atoms with Crippen molar-refractivity contribution in [1.29, 1.82) is 0 Å². The lowest BCUT2D eigenvalue weighted by atomic mass is 10.2. The van der Waals surface area contributed by atoms with Gasteiger partial charge in [0.1, 0.15) is 6.61 Å². The van der Waals surface area contributed by atoms with E-state index in [0.717, 1.165) is 17.7 Å². The topological polar surface area (TPSA) is 43.4 Å². The van der Waals surface area contributed by atoms with E-state index >= 15 is 0 Å². The summed E-state index contributed by atoms with van der Waals surface area (Å²) in [6.07, 6.45) is 5.29. The van der Waals surface area contributed by atoms with Gasteiger partial charge in [-0.05, 0) is 23.8 Å². The molecule has 2 aromatic rings. The van der Waals surface area contributed by atoms with Crippen LogP contribution >= 0.6 is 11.6 Å². The molecule has 0 unspecified atom stereocenters. The highest BCUT2D eigenvalue weighted by Gasteiger charge is 2.12. The maximum atomic E-state index is 6.32. The molecule has 1 heterocycles. The van der Waals surface area contributed by atoms with Crippen molar-refractivity contribution in [2.24, 2.45) is 0 Å². The predicted octanol–water partition coefficient (Wildman–Crippen LogP) is 3.60. The number of nitrogens with zero attached hydrogens (tertiary/aromatic N) is 1. The number of hydrogen-bond acceptors (Lipinski definition) is 4. The summed E-state index contributed by atoms with van der Waals surface area (Å²) in [4.78, 5) is 4.06. The number of aromatic nitrogens is 1. The summed E-state index contributed by atoms with van der Waals surface area (Å²) >= 11 is 6.32. The molecule has 5 heteroatoms. The molecule has 4 nitrogen and oxygen atoms in total. The van der Waals surface area contributed by atoms with E-state index in [2.05, 4.69) is 16.9 Å².